The number of carbonyl (C=O) groups is 1. The van der Waals surface area contributed by atoms with Crippen molar-refractivity contribution in [1.29, 1.82) is 0 Å². The summed E-state index contributed by atoms with van der Waals surface area (Å²) in [5, 5.41) is 0. The molecule has 0 radical (unpaired) electrons. The smallest absolute Gasteiger partial charge is 0.201 e. The largest absolute Gasteiger partial charge is 0.345 e. The molecule has 80 valence electrons. The van der Waals surface area contributed by atoms with Crippen LogP contribution in [0.1, 0.15) is 35.0 Å². The van der Waals surface area contributed by atoms with Crippen LogP contribution in [-0.2, 0) is 9.47 Å². The molecular weight excluding hydrogens is 194 g/mol. The molecule has 0 N–H and O–H groups in total. The van der Waals surface area contributed by atoms with E-state index >= 15 is 0 Å². The lowest BCUT2D eigenvalue weighted by molar-refractivity contribution is -0.0473. The van der Waals surface area contributed by atoms with Crippen LogP contribution in [-0.4, -0.2) is 24.0 Å². The Hall–Kier alpha value is -1.26. The van der Waals surface area contributed by atoms with E-state index in [1.54, 1.807) is 0 Å². The number of ether oxygens (including phenoxy) is 2. The lowest BCUT2D eigenvalue weighted by atomic mass is 10.1. The van der Waals surface area contributed by atoms with Gasteiger partial charge in [0.05, 0.1) is 18.9 Å². The second-order valence-corrected chi connectivity index (χ2v) is 3.53. The lowest BCUT2D eigenvalue weighted by Gasteiger charge is -2.10. The number of aromatic nitrogens is 1. The number of ketones is 1. The fourth-order valence-corrected chi connectivity index (χ4v) is 1.56. The Kier molecular flexibility index (Phi) is 2.79. The number of nitrogens with zero attached hydrogens (tertiary/aromatic N) is 1. The van der Waals surface area contributed by atoms with Crippen LogP contribution in [0.5, 0.6) is 0 Å². The van der Waals surface area contributed by atoms with Gasteiger partial charge in [0.25, 0.3) is 0 Å². The lowest BCUT2D eigenvalue weighted by Crippen LogP contribution is -2.07. The van der Waals surface area contributed by atoms with Crippen LogP contribution >= 0.6 is 0 Å². The van der Waals surface area contributed by atoms with Crippen molar-refractivity contribution in [3.05, 3.63) is 29.1 Å². The number of carbonyl (C=O) groups excluding carboxylic acids is 1. The van der Waals surface area contributed by atoms with Crippen LogP contribution < -0.4 is 0 Å². The fourth-order valence-electron chi connectivity index (χ4n) is 1.56. The number of pyridine rings is 1. The predicted octanol–water partition coefficient (Wildman–Crippen LogP) is 1.64. The highest BCUT2D eigenvalue weighted by Gasteiger charge is 2.20. The Balaban J connectivity index is 2.33. The molecule has 1 fully saturated rings. The molecule has 4 nitrogen and oxygen atoms in total. The van der Waals surface area contributed by atoms with Crippen molar-refractivity contribution in [3.8, 4) is 0 Å². The molecule has 0 bridgehead atoms. The molecule has 0 aromatic carbocycles. The van der Waals surface area contributed by atoms with Crippen molar-refractivity contribution >= 4 is 5.78 Å². The first kappa shape index (κ1) is 10.3. The Labute approximate surface area is 88.2 Å². The van der Waals surface area contributed by atoms with E-state index in [4.69, 9.17) is 9.47 Å². The zero-order valence-electron chi connectivity index (χ0n) is 8.82. The van der Waals surface area contributed by atoms with E-state index in [-0.39, 0.29) is 5.78 Å². The number of Topliss-reactive ketones (excluding diaryl/α,β-unsaturated/α-hetero) is 1. The summed E-state index contributed by atoms with van der Waals surface area (Å²) in [6, 6.07) is 3.70. The molecule has 0 aliphatic carbocycles. The Bertz CT molecular complexity index is 383. The zero-order valence-corrected chi connectivity index (χ0v) is 8.82. The van der Waals surface area contributed by atoms with E-state index in [0.29, 0.717) is 24.6 Å². The quantitative estimate of drug-likeness (QED) is 0.692. The molecule has 2 heterocycles. The minimum atomic E-state index is -0.413. The zero-order chi connectivity index (χ0) is 10.8. The molecule has 0 unspecified atom stereocenters. The van der Waals surface area contributed by atoms with Gasteiger partial charge in [-0.1, -0.05) is 6.07 Å². The van der Waals surface area contributed by atoms with E-state index in [1.165, 1.54) is 6.92 Å². The number of hydrogen-bond acceptors (Lipinski definition) is 4. The summed E-state index contributed by atoms with van der Waals surface area (Å²) in [7, 11) is 0. The van der Waals surface area contributed by atoms with Gasteiger partial charge in [0.1, 0.15) is 5.69 Å². The molecule has 0 spiro atoms. The van der Waals surface area contributed by atoms with E-state index in [2.05, 4.69) is 4.98 Å². The minimum absolute atomic E-state index is 0.0349. The maximum Gasteiger partial charge on any atom is 0.201 e. The monoisotopic (exact) mass is 207 g/mol. The van der Waals surface area contributed by atoms with Crippen LogP contribution in [0, 0.1) is 6.92 Å². The molecule has 1 aromatic rings. The molecule has 15 heavy (non-hydrogen) atoms. The van der Waals surface area contributed by atoms with Gasteiger partial charge in [0.2, 0.25) is 6.29 Å². The number of aryl methyl sites for hydroxylation is 1. The van der Waals surface area contributed by atoms with Gasteiger partial charge in [-0.3, -0.25) is 4.79 Å². The van der Waals surface area contributed by atoms with Crippen molar-refractivity contribution < 1.29 is 14.3 Å². The summed E-state index contributed by atoms with van der Waals surface area (Å²) in [6.45, 7) is 4.53. The van der Waals surface area contributed by atoms with Crippen LogP contribution in [0.15, 0.2) is 12.1 Å². The summed E-state index contributed by atoms with van der Waals surface area (Å²) in [6.07, 6.45) is -0.413. The highest BCUT2D eigenvalue weighted by atomic mass is 16.7. The molecule has 1 saturated heterocycles. The third kappa shape index (κ3) is 2.06. The van der Waals surface area contributed by atoms with Crippen LogP contribution in [0.3, 0.4) is 0 Å². The van der Waals surface area contributed by atoms with Gasteiger partial charge in [0, 0.05) is 6.92 Å². The first-order chi connectivity index (χ1) is 7.18. The second-order valence-electron chi connectivity index (χ2n) is 3.53. The first-order valence-electron chi connectivity index (χ1n) is 4.90. The summed E-state index contributed by atoms with van der Waals surface area (Å²) >= 11 is 0. The summed E-state index contributed by atoms with van der Waals surface area (Å²) in [5.41, 5.74) is 2.04. The van der Waals surface area contributed by atoms with Crippen molar-refractivity contribution in [2.75, 3.05) is 13.2 Å². The van der Waals surface area contributed by atoms with Gasteiger partial charge < -0.3 is 9.47 Å². The molecule has 0 amide bonds. The van der Waals surface area contributed by atoms with Crippen molar-refractivity contribution in [2.24, 2.45) is 0 Å². The molecule has 0 atom stereocenters. The van der Waals surface area contributed by atoms with Gasteiger partial charge in [-0.2, -0.15) is 0 Å². The number of rotatable bonds is 2. The molecule has 1 aromatic heterocycles. The molecule has 2 rings (SSSR count). The molecule has 0 saturated carbocycles. The molecule has 1 aliphatic rings. The fraction of sp³-hybridized carbons (Fsp3) is 0.455. The maximum atomic E-state index is 11.3. The Morgan fingerprint density at radius 1 is 1.40 bits per heavy atom. The van der Waals surface area contributed by atoms with Gasteiger partial charge >= 0.3 is 0 Å². The van der Waals surface area contributed by atoms with Gasteiger partial charge in [-0.25, -0.2) is 4.98 Å². The Morgan fingerprint density at radius 3 is 2.67 bits per heavy atom. The van der Waals surface area contributed by atoms with Crippen molar-refractivity contribution in [3.63, 3.8) is 0 Å². The van der Waals surface area contributed by atoms with E-state index < -0.39 is 6.29 Å². The van der Waals surface area contributed by atoms with E-state index in [9.17, 15) is 4.79 Å². The first-order valence-corrected chi connectivity index (χ1v) is 4.90. The molecule has 1 aliphatic heterocycles. The second kappa shape index (κ2) is 4.08. The summed E-state index contributed by atoms with van der Waals surface area (Å²) < 4.78 is 10.6. The van der Waals surface area contributed by atoms with Crippen molar-refractivity contribution in [2.45, 2.75) is 20.1 Å². The van der Waals surface area contributed by atoms with Crippen LogP contribution in [0.2, 0.25) is 0 Å². The summed E-state index contributed by atoms with van der Waals surface area (Å²) in [4.78, 5) is 15.5. The average molecular weight is 207 g/mol. The van der Waals surface area contributed by atoms with Crippen LogP contribution in [0.4, 0.5) is 0 Å². The third-order valence-corrected chi connectivity index (χ3v) is 2.32. The normalized spacial score (nSPS) is 16.9. The predicted molar refractivity (Wildman–Crippen MR) is 53.6 cm³/mol. The van der Waals surface area contributed by atoms with Gasteiger partial charge in [-0.15, -0.1) is 0 Å². The van der Waals surface area contributed by atoms with E-state index in [1.807, 2.05) is 19.1 Å². The molecule has 4 heteroatoms. The average Bonchev–Trinajstić information content (AvgIpc) is 2.71. The third-order valence-electron chi connectivity index (χ3n) is 2.32. The van der Waals surface area contributed by atoms with Crippen LogP contribution in [0.25, 0.3) is 0 Å². The Morgan fingerprint density at radius 2 is 2.07 bits per heavy atom. The minimum Gasteiger partial charge on any atom is -0.345 e. The maximum absolute atomic E-state index is 11.3. The topological polar surface area (TPSA) is 48.4 Å². The van der Waals surface area contributed by atoms with Gasteiger partial charge in [0.15, 0.2) is 5.78 Å². The SMILES string of the molecule is CC(=O)c1nc(C2OCCO2)ccc1C. The molecular formula is C11H13NO3. The number of hydrogen-bond donors (Lipinski definition) is 0. The van der Waals surface area contributed by atoms with Gasteiger partial charge in [-0.05, 0) is 18.6 Å². The highest BCUT2D eigenvalue weighted by molar-refractivity contribution is 5.93. The highest BCUT2D eigenvalue weighted by Crippen LogP contribution is 2.22. The van der Waals surface area contributed by atoms with E-state index in [0.717, 1.165) is 5.56 Å². The standard InChI is InChI=1S/C11H13NO3/c1-7-3-4-9(11-14-5-6-15-11)12-10(7)8(2)13/h3-4,11H,5-6H2,1-2H3. The summed E-state index contributed by atoms with van der Waals surface area (Å²) in [5.74, 6) is -0.0349. The van der Waals surface area contributed by atoms with Crippen molar-refractivity contribution in [1.82, 2.24) is 4.98 Å².